The van der Waals surface area contributed by atoms with E-state index in [0.29, 0.717) is 64.5 Å². The number of aromatic amines is 1. The third kappa shape index (κ3) is 20.3. The number of ether oxygens (including phenoxy) is 5. The third-order valence-corrected chi connectivity index (χ3v) is 19.8. The van der Waals surface area contributed by atoms with Crippen LogP contribution in [0.25, 0.3) is 27.8 Å². The van der Waals surface area contributed by atoms with Crippen LogP contribution in [0.4, 0.5) is 0 Å². The fourth-order valence-corrected chi connectivity index (χ4v) is 14.3. The summed E-state index contributed by atoms with van der Waals surface area (Å²) < 4.78 is 52.4. The van der Waals surface area contributed by atoms with Gasteiger partial charge in [0.1, 0.15) is 5.65 Å². The van der Waals surface area contributed by atoms with Crippen LogP contribution in [-0.4, -0.2) is 170 Å². The summed E-state index contributed by atoms with van der Waals surface area (Å²) in [7, 11) is 10.7. The number of hydrogen-bond acceptors (Lipinski definition) is 17. The number of dihydropyridines is 1. The van der Waals surface area contributed by atoms with Gasteiger partial charge in [-0.1, -0.05) is 102 Å². The highest BCUT2D eigenvalue weighted by Gasteiger charge is 2.40. The number of likely N-dealkylation sites (tertiary alicyclic amines) is 1. The number of methoxy groups -OCH3 is 3. The number of aryl methyl sites for hydroxylation is 2. The molecule has 3 aromatic heterocycles. The molecule has 0 bridgehead atoms. The van der Waals surface area contributed by atoms with Gasteiger partial charge in [0.25, 0.3) is 0 Å². The number of Topliss-reactive ketones (excluding diaryl/α,β-unsaturated/α-hetero) is 1. The summed E-state index contributed by atoms with van der Waals surface area (Å²) in [5.41, 5.74) is 20.2. The number of H-pyrrole nitrogens is 1. The number of ketones is 1. The summed E-state index contributed by atoms with van der Waals surface area (Å²) in [4.78, 5) is 65.0. The van der Waals surface area contributed by atoms with Crippen molar-refractivity contribution in [2.75, 3.05) is 108 Å². The average molecular weight is 1410 g/mol. The Bertz CT molecular complexity index is 4290. The van der Waals surface area contributed by atoms with Gasteiger partial charge in [-0.2, -0.15) is 0 Å². The lowest BCUT2D eigenvalue weighted by molar-refractivity contribution is -0.139. The highest BCUT2D eigenvalue weighted by molar-refractivity contribution is 7.90. The van der Waals surface area contributed by atoms with Gasteiger partial charge in [-0.3, -0.25) is 14.5 Å². The summed E-state index contributed by atoms with van der Waals surface area (Å²) in [6.45, 7) is 12.8. The third-order valence-electron chi connectivity index (χ3n) is 18.0. The summed E-state index contributed by atoms with van der Waals surface area (Å²) in [6, 6.07) is 39.7. The highest BCUT2D eigenvalue weighted by atomic mass is 35.5. The Balaban J connectivity index is 0.000000171. The number of esters is 2. The maximum absolute atomic E-state index is 12.9. The number of rotatable bonds is 24. The second-order valence-corrected chi connectivity index (χ2v) is 28.4. The van der Waals surface area contributed by atoms with Crippen LogP contribution in [0.15, 0.2) is 156 Å². The first-order valence-corrected chi connectivity index (χ1v) is 36.1. The zero-order valence-electron chi connectivity index (χ0n) is 59.8. The van der Waals surface area contributed by atoms with Gasteiger partial charge >= 0.3 is 11.9 Å². The van der Waals surface area contributed by atoms with Crippen LogP contribution in [0.1, 0.15) is 94.0 Å². The number of likely N-dealkylation sites (N-methyl/N-ethyl adjacent to an activating group) is 2. The number of piperidine rings is 1. The zero-order chi connectivity index (χ0) is 72.2. The SMILES string of the molecule is CCOC(=O)C1=C(COCCN)NC(C)=C(C(=O)OC)C1c1ccccc1Cl.CNCS(=O)(=O)Cc1ccc2[nH]cc(CCN(C)C)c2c1.COc1cc2c(cc1OC)C(=O)C(CC1CCN(Cc3ccccc3)CC1)C2.Cc1ccc(-c2nc3ccc(C)cn3c2CC(=O)N(C)C)cc1. The lowest BCUT2D eigenvalue weighted by Crippen LogP contribution is -2.35. The van der Waals surface area contributed by atoms with Crippen molar-refractivity contribution in [1.82, 2.24) is 39.7 Å². The Morgan fingerprint density at radius 2 is 1.51 bits per heavy atom. The van der Waals surface area contributed by atoms with Crippen molar-refractivity contribution in [2.45, 2.75) is 84.4 Å². The quantitative estimate of drug-likeness (QED) is 0.0325. The zero-order valence-corrected chi connectivity index (χ0v) is 61.4. The molecule has 0 spiro atoms. The number of pyridine rings is 1. The molecule has 1 amide bonds. The second kappa shape index (κ2) is 36.6. The molecule has 3 aliphatic rings. The molecule has 1 aliphatic carbocycles. The Kier molecular flexibility index (Phi) is 28.2. The number of amides is 1. The van der Waals surface area contributed by atoms with Gasteiger partial charge in [0.15, 0.2) is 27.1 Å². The molecular formula is C78H98ClN9O11S. The van der Waals surface area contributed by atoms with E-state index in [1.807, 2.05) is 80.3 Å². The fraction of sp³-hybridized carbons (Fsp3) is 0.397. The van der Waals surface area contributed by atoms with Crippen molar-refractivity contribution in [3.05, 3.63) is 211 Å². The molecule has 8 aromatic rings. The largest absolute Gasteiger partial charge is 0.493 e. The maximum Gasteiger partial charge on any atom is 0.336 e. The molecular weight excluding hydrogens is 1310 g/mol. The number of carbonyl (C=O) groups excluding carboxylic acids is 4. The van der Waals surface area contributed by atoms with Crippen molar-refractivity contribution in [2.24, 2.45) is 17.6 Å². The predicted octanol–water partition coefficient (Wildman–Crippen LogP) is 11.2. The van der Waals surface area contributed by atoms with Gasteiger partial charge in [-0.25, -0.2) is 23.0 Å². The van der Waals surface area contributed by atoms with Crippen LogP contribution in [0.3, 0.4) is 0 Å². The van der Waals surface area contributed by atoms with Gasteiger partial charge in [0, 0.05) is 84.8 Å². The number of sulfone groups is 1. The van der Waals surface area contributed by atoms with E-state index in [1.165, 1.54) is 36.6 Å². The van der Waals surface area contributed by atoms with Crippen LogP contribution >= 0.6 is 11.6 Å². The molecule has 1 fully saturated rings. The van der Waals surface area contributed by atoms with E-state index in [-0.39, 0.29) is 48.0 Å². The normalized spacial score (nSPS) is 15.4. The topological polar surface area (TPSA) is 241 Å². The summed E-state index contributed by atoms with van der Waals surface area (Å²) in [5, 5.41) is 7.35. The van der Waals surface area contributed by atoms with Crippen molar-refractivity contribution in [1.29, 1.82) is 0 Å². The van der Waals surface area contributed by atoms with Crippen molar-refractivity contribution in [3.8, 4) is 22.8 Å². The number of imidazole rings is 1. The number of aromatic nitrogens is 3. The van der Waals surface area contributed by atoms with E-state index in [1.54, 1.807) is 78.4 Å². The molecule has 5 heterocycles. The Labute approximate surface area is 594 Å². The van der Waals surface area contributed by atoms with E-state index >= 15 is 0 Å². The lowest BCUT2D eigenvalue weighted by atomic mass is 9.80. The second-order valence-electron chi connectivity index (χ2n) is 25.9. The number of benzene rings is 5. The molecule has 2 aliphatic heterocycles. The summed E-state index contributed by atoms with van der Waals surface area (Å²) in [5.74, 6) is 0.666. The van der Waals surface area contributed by atoms with Crippen LogP contribution in [-0.2, 0) is 70.0 Å². The number of hydrogen-bond donors (Lipinski definition) is 4. The van der Waals surface area contributed by atoms with Gasteiger partial charge in [-0.05, 0) is 170 Å². The standard InChI is InChI=1S/C24H29NO3.C20H25ClN2O5.C19H21N3O.C15H23N3O2S/c1-27-22-14-19-13-20(24(26)21(19)15-23(22)28-2)12-17-8-10-25(11-9-17)16-18-6-4-3-5-7-18;1-4-28-20(25)18-15(11-27-10-9-22)23-12(2)16(19(24)26-3)17(18)13-7-5-6-8-14(13)21;1-13-5-8-15(9-6-13)19-16(11-18(23)21(3)4)22-12-14(2)7-10-17(22)20-19;1-16-11-21(19,20)10-12-4-5-15-14(8-12)13(9-17-15)6-7-18(2)3/h3-7,14-15,17,20H,8-13,16H2,1-2H3;5-8,17,23H,4,9-11,22H2,1-3H3;5-10,12H,11H2,1-4H3;4-5,8-9,16-17H,6-7,10-11H2,1-3H3. The van der Waals surface area contributed by atoms with Gasteiger partial charge < -0.3 is 59.2 Å². The molecule has 22 heteroatoms. The van der Waals surface area contributed by atoms with Crippen LogP contribution in [0.2, 0.25) is 5.02 Å². The highest BCUT2D eigenvalue weighted by Crippen LogP contribution is 2.43. The molecule has 534 valence electrons. The minimum atomic E-state index is -3.10. The summed E-state index contributed by atoms with van der Waals surface area (Å²) in [6.07, 6.45) is 9.52. The van der Waals surface area contributed by atoms with Crippen LogP contribution < -0.4 is 25.8 Å². The van der Waals surface area contributed by atoms with E-state index in [9.17, 15) is 27.6 Å². The minimum Gasteiger partial charge on any atom is -0.493 e. The molecule has 5 aromatic carbocycles. The Morgan fingerprint density at radius 3 is 2.16 bits per heavy atom. The van der Waals surface area contributed by atoms with Crippen molar-refractivity contribution >= 4 is 61.6 Å². The van der Waals surface area contributed by atoms with Crippen molar-refractivity contribution in [3.63, 3.8) is 0 Å². The van der Waals surface area contributed by atoms with Crippen LogP contribution in [0.5, 0.6) is 11.5 Å². The smallest absolute Gasteiger partial charge is 0.336 e. The van der Waals surface area contributed by atoms with E-state index in [2.05, 4.69) is 86.9 Å². The van der Waals surface area contributed by atoms with Crippen molar-refractivity contribution < 1.29 is 51.3 Å². The van der Waals surface area contributed by atoms with Gasteiger partial charge in [0.2, 0.25) is 5.91 Å². The minimum absolute atomic E-state index is 0.00562. The molecule has 5 N–H and O–H groups in total. The molecule has 11 rings (SSSR count). The first kappa shape index (κ1) is 77.1. The average Bonchev–Trinajstić information content (AvgIpc) is 1.10. The van der Waals surface area contributed by atoms with Gasteiger partial charge in [0.05, 0.1) is 93.3 Å². The first-order chi connectivity index (χ1) is 48.0. The number of nitrogens with zero attached hydrogens (tertiary/aromatic N) is 5. The number of nitrogens with two attached hydrogens (primary N) is 1. The number of fused-ring (bicyclic) bond motifs is 3. The molecule has 100 heavy (non-hydrogen) atoms. The first-order valence-electron chi connectivity index (χ1n) is 33.9. The maximum atomic E-state index is 12.9. The number of carbonyl (C=O) groups is 4. The predicted molar refractivity (Wildman–Crippen MR) is 395 cm³/mol. The monoisotopic (exact) mass is 1400 g/mol. The molecule has 2 unspecified atom stereocenters. The molecule has 20 nitrogen and oxygen atoms in total. The van der Waals surface area contributed by atoms with E-state index < -0.39 is 27.7 Å². The molecule has 1 saturated heterocycles. The number of nitrogens with one attached hydrogen (secondary N) is 3. The summed E-state index contributed by atoms with van der Waals surface area (Å²) >= 11 is 6.42. The van der Waals surface area contributed by atoms with E-state index in [0.717, 1.165) is 101 Å². The molecule has 0 saturated carbocycles. The fourth-order valence-electron chi connectivity index (χ4n) is 12.8. The Hall–Kier alpha value is -8.67. The number of allylic oxidation sites excluding steroid dienone is 1. The van der Waals surface area contributed by atoms with E-state index in [4.69, 9.17) is 46.0 Å². The Morgan fingerprint density at radius 1 is 0.820 bits per heavy atom. The van der Waals surface area contributed by atoms with Crippen LogP contribution in [0, 0.1) is 25.7 Å². The molecule has 2 atom stereocenters. The lowest BCUT2D eigenvalue weighted by Gasteiger charge is -2.32. The number of halogens is 1. The molecule has 0 radical (unpaired) electrons. The van der Waals surface area contributed by atoms with Gasteiger partial charge in [-0.15, -0.1) is 0 Å².